The molecule has 3 aromatic rings. The van der Waals surface area contributed by atoms with Crippen molar-refractivity contribution in [3.8, 4) is 5.75 Å². The van der Waals surface area contributed by atoms with Gasteiger partial charge in [-0.15, -0.1) is 11.8 Å². The molecule has 154 valence electrons. The van der Waals surface area contributed by atoms with Crippen LogP contribution in [0.2, 0.25) is 5.02 Å². The monoisotopic (exact) mass is 440 g/mol. The Labute approximate surface area is 184 Å². The molecule has 5 nitrogen and oxygen atoms in total. The second kappa shape index (κ2) is 10.2. The normalized spacial score (nSPS) is 10.4. The smallest absolute Gasteiger partial charge is 0.255 e. The molecule has 0 aliphatic rings. The number of nitrogens with one attached hydrogen (secondary N) is 2. The minimum atomic E-state index is -0.217. The van der Waals surface area contributed by atoms with E-state index in [1.807, 2.05) is 31.2 Å². The van der Waals surface area contributed by atoms with Crippen molar-refractivity contribution in [3.63, 3.8) is 0 Å². The van der Waals surface area contributed by atoms with Crippen molar-refractivity contribution in [2.45, 2.75) is 11.8 Å². The Morgan fingerprint density at radius 3 is 2.40 bits per heavy atom. The fourth-order valence-electron chi connectivity index (χ4n) is 2.62. The number of rotatable bonds is 7. The number of anilines is 2. The molecule has 3 rings (SSSR count). The summed E-state index contributed by atoms with van der Waals surface area (Å²) in [6.07, 6.45) is 0. The number of ether oxygens (including phenoxy) is 1. The molecular formula is C23H21ClN2O3S. The van der Waals surface area contributed by atoms with Gasteiger partial charge in [0.15, 0.2) is 0 Å². The van der Waals surface area contributed by atoms with Crippen LogP contribution in [0.5, 0.6) is 5.75 Å². The summed E-state index contributed by atoms with van der Waals surface area (Å²) in [5.74, 6) is 0.558. The number of methoxy groups -OCH3 is 1. The molecule has 0 radical (unpaired) electrons. The zero-order chi connectivity index (χ0) is 21.5. The Hall–Kier alpha value is -2.96. The van der Waals surface area contributed by atoms with Gasteiger partial charge in [-0.3, -0.25) is 9.59 Å². The fraction of sp³-hybridized carbons (Fsp3) is 0.130. The third-order valence-electron chi connectivity index (χ3n) is 4.27. The van der Waals surface area contributed by atoms with Gasteiger partial charge in [0.25, 0.3) is 5.91 Å². The third-order valence-corrected chi connectivity index (χ3v) is 5.69. The molecule has 0 atom stereocenters. The average Bonchev–Trinajstić information content (AvgIpc) is 2.76. The number of carbonyl (C=O) groups excluding carboxylic acids is 2. The first kappa shape index (κ1) is 21.7. The lowest BCUT2D eigenvalue weighted by Crippen LogP contribution is -2.14. The van der Waals surface area contributed by atoms with Crippen LogP contribution in [0.1, 0.15) is 15.9 Å². The predicted molar refractivity (Wildman–Crippen MR) is 123 cm³/mol. The second-order valence-corrected chi connectivity index (χ2v) is 7.97. The topological polar surface area (TPSA) is 67.4 Å². The number of thioether (sulfide) groups is 1. The van der Waals surface area contributed by atoms with Gasteiger partial charge in [-0.1, -0.05) is 23.7 Å². The molecule has 0 bridgehead atoms. The van der Waals surface area contributed by atoms with E-state index in [1.54, 1.807) is 49.6 Å². The highest BCUT2D eigenvalue weighted by Crippen LogP contribution is 2.23. The van der Waals surface area contributed by atoms with E-state index in [4.69, 9.17) is 16.3 Å². The summed E-state index contributed by atoms with van der Waals surface area (Å²) in [6.45, 7) is 1.91. The van der Waals surface area contributed by atoms with E-state index in [-0.39, 0.29) is 17.6 Å². The molecule has 0 saturated heterocycles. The molecule has 3 aromatic carbocycles. The maximum atomic E-state index is 12.4. The highest BCUT2D eigenvalue weighted by atomic mass is 35.5. The van der Waals surface area contributed by atoms with Crippen molar-refractivity contribution in [1.82, 2.24) is 0 Å². The zero-order valence-corrected chi connectivity index (χ0v) is 18.1. The predicted octanol–water partition coefficient (Wildman–Crippen LogP) is 5.64. The molecule has 0 saturated carbocycles. The van der Waals surface area contributed by atoms with Crippen LogP contribution in [0.3, 0.4) is 0 Å². The first-order valence-corrected chi connectivity index (χ1v) is 10.6. The largest absolute Gasteiger partial charge is 0.497 e. The summed E-state index contributed by atoms with van der Waals surface area (Å²) in [5.41, 5.74) is 2.82. The summed E-state index contributed by atoms with van der Waals surface area (Å²) in [5, 5.41) is 6.30. The third kappa shape index (κ3) is 6.02. The number of amides is 2. The Morgan fingerprint density at radius 2 is 1.70 bits per heavy atom. The molecule has 2 N–H and O–H groups in total. The number of carbonyl (C=O) groups is 2. The van der Waals surface area contributed by atoms with Crippen molar-refractivity contribution >= 4 is 46.6 Å². The van der Waals surface area contributed by atoms with Crippen LogP contribution in [0.25, 0.3) is 0 Å². The van der Waals surface area contributed by atoms with Gasteiger partial charge in [-0.2, -0.15) is 0 Å². The minimum absolute atomic E-state index is 0.115. The Balaban J connectivity index is 1.52. The van der Waals surface area contributed by atoms with E-state index in [0.717, 1.165) is 10.5 Å². The summed E-state index contributed by atoms with van der Waals surface area (Å²) < 4.78 is 5.14. The van der Waals surface area contributed by atoms with Gasteiger partial charge in [0.1, 0.15) is 5.75 Å². The van der Waals surface area contributed by atoms with Crippen LogP contribution in [-0.4, -0.2) is 24.7 Å². The van der Waals surface area contributed by atoms with Crippen molar-refractivity contribution in [3.05, 3.63) is 82.9 Å². The number of halogens is 1. The molecule has 0 aromatic heterocycles. The highest BCUT2D eigenvalue weighted by molar-refractivity contribution is 8.00. The zero-order valence-electron chi connectivity index (χ0n) is 16.6. The van der Waals surface area contributed by atoms with Gasteiger partial charge in [0.05, 0.1) is 12.9 Å². The quantitative estimate of drug-likeness (QED) is 0.466. The lowest BCUT2D eigenvalue weighted by Gasteiger charge is -2.08. The van der Waals surface area contributed by atoms with Gasteiger partial charge in [0, 0.05) is 26.9 Å². The molecule has 0 aliphatic carbocycles. The van der Waals surface area contributed by atoms with Crippen LogP contribution in [-0.2, 0) is 4.79 Å². The maximum absolute atomic E-state index is 12.4. The van der Waals surface area contributed by atoms with Crippen molar-refractivity contribution in [2.24, 2.45) is 0 Å². The minimum Gasteiger partial charge on any atom is -0.497 e. The lowest BCUT2D eigenvalue weighted by atomic mass is 10.2. The molecule has 30 heavy (non-hydrogen) atoms. The number of aryl methyl sites for hydroxylation is 1. The summed E-state index contributed by atoms with van der Waals surface area (Å²) in [4.78, 5) is 25.5. The molecule has 0 fully saturated rings. The molecule has 0 unspecified atom stereocenters. The number of hydrogen-bond acceptors (Lipinski definition) is 4. The van der Waals surface area contributed by atoms with Crippen LogP contribution in [0.4, 0.5) is 11.4 Å². The Kier molecular flexibility index (Phi) is 7.38. The summed E-state index contributed by atoms with van der Waals surface area (Å²) in [7, 11) is 1.56. The first-order chi connectivity index (χ1) is 14.4. The van der Waals surface area contributed by atoms with Crippen LogP contribution in [0.15, 0.2) is 71.6 Å². The van der Waals surface area contributed by atoms with Gasteiger partial charge in [-0.25, -0.2) is 0 Å². The summed E-state index contributed by atoms with van der Waals surface area (Å²) >= 11 is 7.49. The van der Waals surface area contributed by atoms with Crippen LogP contribution in [0, 0.1) is 6.92 Å². The SMILES string of the molecule is COc1cccc(C(=O)Nc2ccc(SCC(=O)Nc3ccc(C)c(Cl)c3)cc2)c1. The number of hydrogen-bond donors (Lipinski definition) is 2. The van der Waals surface area contributed by atoms with Crippen LogP contribution < -0.4 is 15.4 Å². The van der Waals surface area contributed by atoms with E-state index < -0.39 is 0 Å². The Morgan fingerprint density at radius 1 is 0.967 bits per heavy atom. The van der Waals surface area contributed by atoms with E-state index >= 15 is 0 Å². The van der Waals surface area contributed by atoms with Gasteiger partial charge < -0.3 is 15.4 Å². The van der Waals surface area contributed by atoms with Crippen molar-refractivity contribution < 1.29 is 14.3 Å². The van der Waals surface area contributed by atoms with E-state index in [0.29, 0.717) is 27.7 Å². The first-order valence-electron chi connectivity index (χ1n) is 9.19. The second-order valence-electron chi connectivity index (χ2n) is 6.51. The maximum Gasteiger partial charge on any atom is 0.255 e. The van der Waals surface area contributed by atoms with Gasteiger partial charge >= 0.3 is 0 Å². The fourth-order valence-corrected chi connectivity index (χ4v) is 3.50. The van der Waals surface area contributed by atoms with Crippen molar-refractivity contribution in [2.75, 3.05) is 23.5 Å². The van der Waals surface area contributed by atoms with Gasteiger partial charge in [0.2, 0.25) is 5.91 Å². The standard InChI is InChI=1S/C23H21ClN2O3S/c1-15-6-7-18(13-21(15)24)25-22(27)14-30-20-10-8-17(9-11-20)26-23(28)16-4-3-5-19(12-16)29-2/h3-13H,14H2,1-2H3,(H,25,27)(H,26,28). The van der Waals surface area contributed by atoms with Crippen LogP contribution >= 0.6 is 23.4 Å². The molecule has 7 heteroatoms. The summed E-state index contributed by atoms with van der Waals surface area (Å²) in [6, 6.07) is 19.7. The lowest BCUT2D eigenvalue weighted by molar-refractivity contribution is -0.113. The molecule has 2 amide bonds. The molecule has 0 aliphatic heterocycles. The number of benzene rings is 3. The molecule has 0 spiro atoms. The van der Waals surface area contributed by atoms with Crippen molar-refractivity contribution in [1.29, 1.82) is 0 Å². The molecular weight excluding hydrogens is 420 g/mol. The van der Waals surface area contributed by atoms with E-state index in [2.05, 4.69) is 10.6 Å². The van der Waals surface area contributed by atoms with E-state index in [1.165, 1.54) is 11.8 Å². The molecule has 0 heterocycles. The highest BCUT2D eigenvalue weighted by Gasteiger charge is 2.08. The average molecular weight is 441 g/mol. The van der Waals surface area contributed by atoms with E-state index in [9.17, 15) is 9.59 Å². The Bertz CT molecular complexity index is 1050. The van der Waals surface area contributed by atoms with Gasteiger partial charge in [-0.05, 0) is 67.1 Å².